The standard InChI is InChI=1S/C26H26N4O5/c31-29(32)23-5-1-19(2-6-23)25-13-14-26(20-3-7-24(8-4-20)30(33)34)28(25)22-11-9-21(10-12-22)27-15-17-35-18-16-27/h1-12,25-26H,13-18H2. The van der Waals surface area contributed by atoms with Crippen molar-refractivity contribution < 1.29 is 14.6 Å². The monoisotopic (exact) mass is 474 g/mol. The van der Waals surface area contributed by atoms with Gasteiger partial charge in [0.15, 0.2) is 0 Å². The van der Waals surface area contributed by atoms with Gasteiger partial charge >= 0.3 is 0 Å². The van der Waals surface area contributed by atoms with Crippen molar-refractivity contribution in [3.05, 3.63) is 104 Å². The van der Waals surface area contributed by atoms with Crippen LogP contribution in [0.5, 0.6) is 0 Å². The first-order chi connectivity index (χ1) is 17.0. The van der Waals surface area contributed by atoms with Crippen LogP contribution in [0.4, 0.5) is 22.7 Å². The molecule has 2 aliphatic rings. The summed E-state index contributed by atoms with van der Waals surface area (Å²) >= 11 is 0. The quantitative estimate of drug-likeness (QED) is 0.347. The predicted molar refractivity (Wildman–Crippen MR) is 133 cm³/mol. The number of nitro benzene ring substituents is 2. The summed E-state index contributed by atoms with van der Waals surface area (Å²) in [6.45, 7) is 3.16. The number of ether oxygens (including phenoxy) is 1. The third kappa shape index (κ3) is 4.67. The molecule has 180 valence electrons. The zero-order chi connectivity index (χ0) is 24.4. The van der Waals surface area contributed by atoms with Crippen LogP contribution in [-0.4, -0.2) is 36.1 Å². The van der Waals surface area contributed by atoms with E-state index in [9.17, 15) is 20.2 Å². The molecule has 2 unspecified atom stereocenters. The Morgan fingerprint density at radius 2 is 1.09 bits per heavy atom. The molecule has 0 spiro atoms. The molecule has 0 saturated carbocycles. The number of benzene rings is 3. The summed E-state index contributed by atoms with van der Waals surface area (Å²) in [5.41, 5.74) is 4.36. The zero-order valence-corrected chi connectivity index (χ0v) is 19.2. The lowest BCUT2D eigenvalue weighted by atomic mass is 10.0. The van der Waals surface area contributed by atoms with Gasteiger partial charge in [0.25, 0.3) is 11.4 Å². The Bertz CT molecular complexity index is 1130. The van der Waals surface area contributed by atoms with E-state index >= 15 is 0 Å². The first kappa shape index (κ1) is 22.8. The number of hydrogen-bond donors (Lipinski definition) is 0. The first-order valence-corrected chi connectivity index (χ1v) is 11.7. The summed E-state index contributed by atoms with van der Waals surface area (Å²) < 4.78 is 5.46. The molecule has 3 aromatic carbocycles. The van der Waals surface area contributed by atoms with E-state index in [4.69, 9.17) is 4.74 Å². The van der Waals surface area contributed by atoms with E-state index < -0.39 is 0 Å². The fourth-order valence-electron chi connectivity index (χ4n) is 5.12. The summed E-state index contributed by atoms with van der Waals surface area (Å²) in [5.74, 6) is 0. The van der Waals surface area contributed by atoms with E-state index in [1.807, 2.05) is 24.3 Å². The summed E-state index contributed by atoms with van der Waals surface area (Å²) in [6, 6.07) is 22.1. The second-order valence-electron chi connectivity index (χ2n) is 8.83. The second-order valence-corrected chi connectivity index (χ2v) is 8.83. The van der Waals surface area contributed by atoms with Gasteiger partial charge in [-0.05, 0) is 48.2 Å². The Kier molecular flexibility index (Phi) is 6.33. The Balaban J connectivity index is 1.48. The molecule has 2 aliphatic heterocycles. The Morgan fingerprint density at radius 3 is 1.51 bits per heavy atom. The summed E-state index contributed by atoms with van der Waals surface area (Å²) in [7, 11) is 0. The maximum atomic E-state index is 11.1. The Labute approximate surface area is 202 Å². The van der Waals surface area contributed by atoms with Crippen LogP contribution in [0.25, 0.3) is 0 Å². The van der Waals surface area contributed by atoms with Crippen LogP contribution in [0.15, 0.2) is 72.8 Å². The van der Waals surface area contributed by atoms with Gasteiger partial charge in [-0.25, -0.2) is 0 Å². The first-order valence-electron chi connectivity index (χ1n) is 11.7. The van der Waals surface area contributed by atoms with Crippen LogP contribution in [0.1, 0.15) is 36.1 Å². The summed E-state index contributed by atoms with van der Waals surface area (Å²) in [5, 5.41) is 22.3. The average Bonchev–Trinajstić information content (AvgIpc) is 3.34. The van der Waals surface area contributed by atoms with Gasteiger partial charge in [0.2, 0.25) is 0 Å². The number of hydrogen-bond acceptors (Lipinski definition) is 7. The maximum absolute atomic E-state index is 11.1. The molecule has 3 aromatic rings. The van der Waals surface area contributed by atoms with Crippen LogP contribution in [0.3, 0.4) is 0 Å². The molecular weight excluding hydrogens is 448 g/mol. The minimum absolute atomic E-state index is 0.0326. The highest BCUT2D eigenvalue weighted by Gasteiger charge is 2.36. The van der Waals surface area contributed by atoms with E-state index in [0.717, 1.165) is 61.6 Å². The van der Waals surface area contributed by atoms with Crippen molar-refractivity contribution in [3.63, 3.8) is 0 Å². The lowest BCUT2D eigenvalue weighted by Crippen LogP contribution is -2.36. The van der Waals surface area contributed by atoms with Crippen molar-refractivity contribution in [2.75, 3.05) is 36.1 Å². The van der Waals surface area contributed by atoms with E-state index in [2.05, 4.69) is 34.1 Å². The molecule has 0 aromatic heterocycles. The van der Waals surface area contributed by atoms with Crippen molar-refractivity contribution in [2.24, 2.45) is 0 Å². The van der Waals surface area contributed by atoms with Crippen LogP contribution < -0.4 is 9.80 Å². The lowest BCUT2D eigenvalue weighted by Gasteiger charge is -2.34. The molecule has 9 nitrogen and oxygen atoms in total. The molecule has 0 N–H and O–H groups in total. The van der Waals surface area contributed by atoms with Crippen LogP contribution in [0, 0.1) is 20.2 Å². The largest absolute Gasteiger partial charge is 0.378 e. The number of morpholine rings is 1. The van der Waals surface area contributed by atoms with Gasteiger partial charge in [0, 0.05) is 48.7 Å². The highest BCUT2D eigenvalue weighted by atomic mass is 16.6. The number of non-ortho nitro benzene ring substituents is 2. The van der Waals surface area contributed by atoms with Gasteiger partial charge in [-0.3, -0.25) is 20.2 Å². The van der Waals surface area contributed by atoms with Crippen molar-refractivity contribution >= 4 is 22.7 Å². The molecule has 0 amide bonds. The molecule has 2 atom stereocenters. The third-order valence-corrected chi connectivity index (χ3v) is 6.89. The molecule has 0 aliphatic carbocycles. The number of rotatable bonds is 6. The van der Waals surface area contributed by atoms with Crippen molar-refractivity contribution in [1.82, 2.24) is 0 Å². The SMILES string of the molecule is O=[N+]([O-])c1ccc(C2CCC(c3ccc([N+](=O)[O-])cc3)N2c2ccc(N3CCOCC3)cc2)cc1. The fourth-order valence-corrected chi connectivity index (χ4v) is 5.12. The lowest BCUT2D eigenvalue weighted by molar-refractivity contribution is -0.385. The average molecular weight is 475 g/mol. The van der Waals surface area contributed by atoms with Gasteiger partial charge < -0.3 is 14.5 Å². The molecule has 0 bridgehead atoms. The molecule has 35 heavy (non-hydrogen) atoms. The molecular formula is C26H26N4O5. The molecule has 9 heteroatoms. The van der Waals surface area contributed by atoms with Gasteiger partial charge in [0.05, 0.1) is 35.1 Å². The minimum Gasteiger partial charge on any atom is -0.378 e. The number of nitro groups is 2. The molecule has 0 radical (unpaired) electrons. The van der Waals surface area contributed by atoms with Gasteiger partial charge in [0.1, 0.15) is 0 Å². The Hall–Kier alpha value is -3.98. The topological polar surface area (TPSA) is 102 Å². The van der Waals surface area contributed by atoms with Crippen LogP contribution in [-0.2, 0) is 4.74 Å². The highest BCUT2D eigenvalue weighted by Crippen LogP contribution is 2.47. The Morgan fingerprint density at radius 1 is 0.657 bits per heavy atom. The molecule has 5 rings (SSSR count). The maximum Gasteiger partial charge on any atom is 0.269 e. The zero-order valence-electron chi connectivity index (χ0n) is 19.2. The van der Waals surface area contributed by atoms with Crippen LogP contribution in [0.2, 0.25) is 0 Å². The van der Waals surface area contributed by atoms with Crippen molar-refractivity contribution in [3.8, 4) is 0 Å². The molecule has 2 fully saturated rings. The molecule has 2 saturated heterocycles. The normalized spacial score (nSPS) is 20.1. The number of nitrogens with zero attached hydrogens (tertiary/aromatic N) is 4. The number of anilines is 2. The summed E-state index contributed by atoms with van der Waals surface area (Å²) in [6.07, 6.45) is 1.73. The highest BCUT2D eigenvalue weighted by molar-refractivity contribution is 5.60. The van der Waals surface area contributed by atoms with E-state index in [0.29, 0.717) is 0 Å². The molecule has 2 heterocycles. The fraction of sp³-hybridized carbons (Fsp3) is 0.308. The van der Waals surface area contributed by atoms with Gasteiger partial charge in [-0.2, -0.15) is 0 Å². The minimum atomic E-state index is -0.389. The summed E-state index contributed by atoms with van der Waals surface area (Å²) in [4.78, 5) is 26.1. The third-order valence-electron chi connectivity index (χ3n) is 6.89. The smallest absolute Gasteiger partial charge is 0.269 e. The predicted octanol–water partition coefficient (Wildman–Crippen LogP) is 5.42. The van der Waals surface area contributed by atoms with Gasteiger partial charge in [-0.15, -0.1) is 0 Å². The van der Waals surface area contributed by atoms with E-state index in [1.165, 1.54) is 0 Å². The van der Waals surface area contributed by atoms with Crippen molar-refractivity contribution in [2.45, 2.75) is 24.9 Å². The van der Waals surface area contributed by atoms with Crippen LogP contribution >= 0.6 is 0 Å². The van der Waals surface area contributed by atoms with Gasteiger partial charge in [-0.1, -0.05) is 24.3 Å². The van der Waals surface area contributed by atoms with Crippen molar-refractivity contribution in [1.29, 1.82) is 0 Å². The second kappa shape index (κ2) is 9.71. The van der Waals surface area contributed by atoms with E-state index in [-0.39, 0.29) is 33.3 Å². The van der Waals surface area contributed by atoms with E-state index in [1.54, 1.807) is 24.3 Å².